The van der Waals surface area contributed by atoms with Crippen molar-refractivity contribution in [2.75, 3.05) is 0 Å². The number of thiol groups is 1. The van der Waals surface area contributed by atoms with Crippen LogP contribution in [-0.4, -0.2) is 5.78 Å². The quantitative estimate of drug-likeness (QED) is 0.626. The average Bonchev–Trinajstić information content (AvgIpc) is 2.04. The number of hydrogen-bond donors (Lipinski definition) is 1. The van der Waals surface area contributed by atoms with Gasteiger partial charge in [0.05, 0.1) is 4.83 Å². The highest BCUT2D eigenvalue weighted by Crippen LogP contribution is 2.28. The molecule has 0 amide bonds. The molecule has 0 aliphatic carbocycles. The Morgan fingerprint density at radius 2 is 2.08 bits per heavy atom. The number of halogens is 1. The molecule has 0 heterocycles. The van der Waals surface area contributed by atoms with Crippen molar-refractivity contribution in [3.63, 3.8) is 0 Å². The molecule has 0 saturated carbocycles. The average molecular weight is 245 g/mol. The maximum atomic E-state index is 11.0. The van der Waals surface area contributed by atoms with Crippen molar-refractivity contribution in [1.29, 1.82) is 0 Å². The second-order valence-corrected chi connectivity index (χ2v) is 3.93. The lowest BCUT2D eigenvalue weighted by atomic mass is 10.1. The van der Waals surface area contributed by atoms with E-state index in [1.54, 1.807) is 6.92 Å². The zero-order chi connectivity index (χ0) is 9.14. The second kappa shape index (κ2) is 4.10. The number of rotatable bonds is 2. The van der Waals surface area contributed by atoms with Gasteiger partial charge >= 0.3 is 0 Å². The number of carbonyl (C=O) groups is 1. The van der Waals surface area contributed by atoms with Crippen LogP contribution in [0.4, 0.5) is 0 Å². The number of Topliss-reactive ketones (excluding diaryl/α,β-unsaturated/α-hetero) is 1. The molecule has 1 atom stereocenters. The summed E-state index contributed by atoms with van der Waals surface area (Å²) >= 11 is 7.55. The molecule has 0 saturated heterocycles. The van der Waals surface area contributed by atoms with E-state index in [1.807, 2.05) is 24.3 Å². The molecule has 1 nitrogen and oxygen atoms in total. The normalized spacial score (nSPS) is 12.6. The molecule has 0 aromatic heterocycles. The Balaban J connectivity index is 3.02. The van der Waals surface area contributed by atoms with Crippen LogP contribution in [0.25, 0.3) is 0 Å². The highest BCUT2D eigenvalue weighted by atomic mass is 79.9. The van der Waals surface area contributed by atoms with Crippen molar-refractivity contribution >= 4 is 34.3 Å². The van der Waals surface area contributed by atoms with Crippen molar-refractivity contribution in [3.05, 3.63) is 29.8 Å². The summed E-state index contributed by atoms with van der Waals surface area (Å²) in [6.45, 7) is 1.56. The van der Waals surface area contributed by atoms with E-state index in [4.69, 9.17) is 0 Å². The first-order valence-corrected chi connectivity index (χ1v) is 4.91. The fourth-order valence-electron chi connectivity index (χ4n) is 0.921. The minimum Gasteiger partial charge on any atom is -0.298 e. The summed E-state index contributed by atoms with van der Waals surface area (Å²) in [6.07, 6.45) is 0. The Bertz CT molecular complexity index is 298. The fraction of sp³-hybridized carbons (Fsp3) is 0.222. The van der Waals surface area contributed by atoms with Gasteiger partial charge in [0.2, 0.25) is 0 Å². The Kier molecular flexibility index (Phi) is 3.35. The van der Waals surface area contributed by atoms with Gasteiger partial charge in [-0.1, -0.05) is 34.1 Å². The molecule has 0 spiro atoms. The SMILES string of the molecule is CC(=O)C(Br)c1ccccc1S. The van der Waals surface area contributed by atoms with E-state index < -0.39 is 0 Å². The van der Waals surface area contributed by atoms with Crippen LogP contribution in [0, 0.1) is 0 Å². The molecule has 64 valence electrons. The van der Waals surface area contributed by atoms with Gasteiger partial charge in [-0.25, -0.2) is 0 Å². The maximum Gasteiger partial charge on any atom is 0.147 e. The summed E-state index contributed by atoms with van der Waals surface area (Å²) in [5.74, 6) is 0.0940. The largest absolute Gasteiger partial charge is 0.298 e. The number of hydrogen-bond acceptors (Lipinski definition) is 2. The van der Waals surface area contributed by atoms with Gasteiger partial charge in [-0.15, -0.1) is 12.6 Å². The van der Waals surface area contributed by atoms with Crippen LogP contribution >= 0.6 is 28.6 Å². The number of ketones is 1. The molecular weight excluding hydrogens is 236 g/mol. The molecule has 12 heavy (non-hydrogen) atoms. The first-order valence-electron chi connectivity index (χ1n) is 3.55. The second-order valence-electron chi connectivity index (χ2n) is 2.53. The van der Waals surface area contributed by atoms with Gasteiger partial charge in [-0.05, 0) is 18.6 Å². The van der Waals surface area contributed by atoms with Crippen LogP contribution in [0.15, 0.2) is 29.2 Å². The van der Waals surface area contributed by atoms with Crippen LogP contribution in [0.2, 0.25) is 0 Å². The van der Waals surface area contributed by atoms with E-state index in [-0.39, 0.29) is 10.6 Å². The van der Waals surface area contributed by atoms with E-state index in [0.717, 1.165) is 10.5 Å². The lowest BCUT2D eigenvalue weighted by Crippen LogP contribution is -2.01. The third kappa shape index (κ3) is 2.11. The standard InChI is InChI=1S/C9H9BrOS/c1-6(11)9(10)7-4-2-3-5-8(7)12/h2-5,9,12H,1H3. The summed E-state index contributed by atoms with van der Waals surface area (Å²) in [7, 11) is 0. The summed E-state index contributed by atoms with van der Waals surface area (Å²) in [5, 5.41) is 0. The summed E-state index contributed by atoms with van der Waals surface area (Å²) in [6, 6.07) is 7.55. The van der Waals surface area contributed by atoms with Crippen LogP contribution in [0.1, 0.15) is 17.3 Å². The molecule has 1 aromatic rings. The van der Waals surface area contributed by atoms with E-state index in [9.17, 15) is 4.79 Å². The third-order valence-corrected chi connectivity index (χ3v) is 3.11. The molecule has 0 fully saturated rings. The molecule has 0 bridgehead atoms. The van der Waals surface area contributed by atoms with Gasteiger partial charge < -0.3 is 0 Å². The lowest BCUT2D eigenvalue weighted by molar-refractivity contribution is -0.116. The minimum absolute atomic E-state index is 0.0940. The molecule has 0 radical (unpaired) electrons. The van der Waals surface area contributed by atoms with Crippen LogP contribution in [0.3, 0.4) is 0 Å². The minimum atomic E-state index is -0.230. The molecule has 1 unspecified atom stereocenters. The Hall–Kier alpha value is -0.280. The highest BCUT2D eigenvalue weighted by molar-refractivity contribution is 9.09. The zero-order valence-corrected chi connectivity index (χ0v) is 9.10. The topological polar surface area (TPSA) is 17.1 Å². The highest BCUT2D eigenvalue weighted by Gasteiger charge is 2.13. The van der Waals surface area contributed by atoms with Crippen molar-refractivity contribution in [2.24, 2.45) is 0 Å². The lowest BCUT2D eigenvalue weighted by Gasteiger charge is -2.07. The number of carbonyl (C=O) groups excluding carboxylic acids is 1. The van der Waals surface area contributed by atoms with Crippen molar-refractivity contribution in [3.8, 4) is 0 Å². The number of alkyl halides is 1. The summed E-state index contributed by atoms with van der Waals surface area (Å²) in [5.41, 5.74) is 0.924. The van der Waals surface area contributed by atoms with Gasteiger partial charge in [0, 0.05) is 4.90 Å². The first kappa shape index (κ1) is 9.81. The molecule has 0 aliphatic rings. The van der Waals surface area contributed by atoms with Gasteiger partial charge in [-0.2, -0.15) is 0 Å². The maximum absolute atomic E-state index is 11.0. The van der Waals surface area contributed by atoms with E-state index in [2.05, 4.69) is 28.6 Å². The Morgan fingerprint density at radius 1 is 1.50 bits per heavy atom. The van der Waals surface area contributed by atoms with E-state index in [1.165, 1.54) is 0 Å². The van der Waals surface area contributed by atoms with Gasteiger partial charge in [0.1, 0.15) is 5.78 Å². The molecule has 0 aliphatic heterocycles. The van der Waals surface area contributed by atoms with E-state index >= 15 is 0 Å². The van der Waals surface area contributed by atoms with Gasteiger partial charge in [-0.3, -0.25) is 4.79 Å². The Labute approximate surface area is 85.7 Å². The summed E-state index contributed by atoms with van der Waals surface area (Å²) < 4.78 is 0. The van der Waals surface area contributed by atoms with E-state index in [0.29, 0.717) is 0 Å². The van der Waals surface area contributed by atoms with Crippen LogP contribution in [0.5, 0.6) is 0 Å². The van der Waals surface area contributed by atoms with Crippen LogP contribution < -0.4 is 0 Å². The predicted molar refractivity (Wildman–Crippen MR) is 56.0 cm³/mol. The van der Waals surface area contributed by atoms with Gasteiger partial charge in [0.15, 0.2) is 0 Å². The Morgan fingerprint density at radius 3 is 2.58 bits per heavy atom. The molecule has 0 N–H and O–H groups in total. The monoisotopic (exact) mass is 244 g/mol. The van der Waals surface area contributed by atoms with Crippen molar-refractivity contribution < 1.29 is 4.79 Å². The smallest absolute Gasteiger partial charge is 0.147 e. The van der Waals surface area contributed by atoms with Crippen molar-refractivity contribution in [2.45, 2.75) is 16.6 Å². The number of benzene rings is 1. The summed E-state index contributed by atoms with van der Waals surface area (Å²) in [4.78, 5) is 11.6. The van der Waals surface area contributed by atoms with Crippen LogP contribution in [-0.2, 0) is 4.79 Å². The molecule has 3 heteroatoms. The van der Waals surface area contributed by atoms with Gasteiger partial charge in [0.25, 0.3) is 0 Å². The third-order valence-electron chi connectivity index (χ3n) is 1.57. The molecule has 1 aromatic carbocycles. The fourth-order valence-corrected chi connectivity index (χ4v) is 1.79. The zero-order valence-electron chi connectivity index (χ0n) is 6.62. The van der Waals surface area contributed by atoms with Crippen molar-refractivity contribution in [1.82, 2.24) is 0 Å². The first-order chi connectivity index (χ1) is 5.63. The molecular formula is C9H9BrOS. The predicted octanol–water partition coefficient (Wildman–Crippen LogP) is 3.00. The molecule has 1 rings (SSSR count).